The highest BCUT2D eigenvalue weighted by Gasteiger charge is 2.41. The lowest BCUT2D eigenvalue weighted by Gasteiger charge is -2.36. The monoisotopic (exact) mass is 248 g/mol. The fourth-order valence-corrected chi connectivity index (χ4v) is 2.91. The molecule has 5 heteroatoms. The summed E-state index contributed by atoms with van der Waals surface area (Å²) in [5.74, 6) is -0.268. The quantitative estimate of drug-likeness (QED) is 0.558. The topological polar surface area (TPSA) is 27.1 Å². The number of rotatable bonds is 1. The van der Waals surface area contributed by atoms with Crippen LogP contribution in [0.1, 0.15) is 38.5 Å². The maximum atomic E-state index is 12.5. The van der Waals surface area contributed by atoms with E-state index in [0.29, 0.717) is 24.8 Å². The molecule has 98 valence electrons. The van der Waals surface area contributed by atoms with E-state index in [1.54, 1.807) is 0 Å². The van der Waals surface area contributed by atoms with Gasteiger partial charge in [0.2, 0.25) is 0 Å². The summed E-state index contributed by atoms with van der Waals surface area (Å²) in [4.78, 5) is 1.86. The molecule has 2 rings (SSSR count). The van der Waals surface area contributed by atoms with Gasteiger partial charge < -0.3 is 4.90 Å². The Morgan fingerprint density at radius 1 is 1.00 bits per heavy atom. The largest absolute Gasteiger partial charge is 0.391 e. The zero-order valence-corrected chi connectivity index (χ0v) is 9.89. The lowest BCUT2D eigenvalue weighted by atomic mass is 9.94. The van der Waals surface area contributed by atoms with Gasteiger partial charge in [0.05, 0.1) is 11.8 Å². The number of likely N-dealkylation sites (tertiary alicyclic amines) is 1. The Kier molecular flexibility index (Phi) is 3.64. The van der Waals surface area contributed by atoms with Crippen LogP contribution in [-0.4, -0.2) is 30.0 Å². The maximum absolute atomic E-state index is 12.5. The Bertz CT molecular complexity index is 274. The Labute approximate surface area is 99.7 Å². The highest BCUT2D eigenvalue weighted by Crippen LogP contribution is 2.35. The van der Waals surface area contributed by atoms with E-state index in [0.717, 1.165) is 25.7 Å². The maximum Gasteiger partial charge on any atom is 0.391 e. The molecule has 0 aromatic rings. The summed E-state index contributed by atoms with van der Waals surface area (Å²) < 4.78 is 37.5. The molecule has 1 aliphatic heterocycles. The zero-order chi connectivity index (χ0) is 12.5. The molecule has 1 saturated carbocycles. The zero-order valence-electron chi connectivity index (χ0n) is 9.89. The SMILES string of the molecule is N=C(C1CCCC1)N1CCC(C(F)(F)F)CC1. The van der Waals surface area contributed by atoms with Crippen molar-refractivity contribution in [2.24, 2.45) is 11.8 Å². The second kappa shape index (κ2) is 4.86. The van der Waals surface area contributed by atoms with Gasteiger partial charge >= 0.3 is 6.18 Å². The first-order chi connectivity index (χ1) is 7.98. The molecule has 2 fully saturated rings. The summed E-state index contributed by atoms with van der Waals surface area (Å²) in [7, 11) is 0. The summed E-state index contributed by atoms with van der Waals surface area (Å²) >= 11 is 0. The van der Waals surface area contributed by atoms with E-state index in [9.17, 15) is 13.2 Å². The number of halogens is 3. The fraction of sp³-hybridized carbons (Fsp3) is 0.917. The molecule has 2 aliphatic rings. The van der Waals surface area contributed by atoms with Gasteiger partial charge in [0.1, 0.15) is 0 Å². The minimum absolute atomic E-state index is 0.151. The molecule has 0 atom stereocenters. The third kappa shape index (κ3) is 2.93. The van der Waals surface area contributed by atoms with Gasteiger partial charge in [-0.15, -0.1) is 0 Å². The van der Waals surface area contributed by atoms with E-state index in [1.165, 1.54) is 0 Å². The molecule has 0 radical (unpaired) electrons. The average Bonchev–Trinajstić information content (AvgIpc) is 2.80. The Morgan fingerprint density at radius 2 is 1.53 bits per heavy atom. The number of hydrogen-bond donors (Lipinski definition) is 1. The molecular weight excluding hydrogens is 229 g/mol. The van der Waals surface area contributed by atoms with Crippen LogP contribution in [0.2, 0.25) is 0 Å². The van der Waals surface area contributed by atoms with Crippen LogP contribution in [0, 0.1) is 17.2 Å². The lowest BCUT2D eigenvalue weighted by Crippen LogP contribution is -2.43. The van der Waals surface area contributed by atoms with Crippen LogP contribution in [-0.2, 0) is 0 Å². The van der Waals surface area contributed by atoms with Crippen molar-refractivity contribution in [2.75, 3.05) is 13.1 Å². The van der Waals surface area contributed by atoms with Crippen LogP contribution in [0.25, 0.3) is 0 Å². The molecule has 0 amide bonds. The normalized spacial score (nSPS) is 24.3. The Morgan fingerprint density at radius 3 is 2.00 bits per heavy atom. The molecular formula is C12H19F3N2. The van der Waals surface area contributed by atoms with Gasteiger partial charge in [-0.3, -0.25) is 5.41 Å². The van der Waals surface area contributed by atoms with E-state index in [1.807, 2.05) is 4.90 Å². The molecule has 1 saturated heterocycles. The van der Waals surface area contributed by atoms with Gasteiger partial charge in [-0.05, 0) is 25.7 Å². The minimum atomic E-state index is -4.05. The minimum Gasteiger partial charge on any atom is -0.360 e. The van der Waals surface area contributed by atoms with Crippen molar-refractivity contribution in [1.29, 1.82) is 5.41 Å². The fourth-order valence-electron chi connectivity index (χ4n) is 2.91. The molecule has 17 heavy (non-hydrogen) atoms. The van der Waals surface area contributed by atoms with Crippen LogP contribution < -0.4 is 0 Å². The first-order valence-corrected chi connectivity index (χ1v) is 6.38. The smallest absolute Gasteiger partial charge is 0.360 e. The van der Waals surface area contributed by atoms with Crippen molar-refractivity contribution in [3.05, 3.63) is 0 Å². The van der Waals surface area contributed by atoms with Crippen LogP contribution in [0.4, 0.5) is 13.2 Å². The van der Waals surface area contributed by atoms with Crippen LogP contribution in [0.5, 0.6) is 0 Å². The Hall–Kier alpha value is -0.740. The van der Waals surface area contributed by atoms with Gasteiger partial charge in [0.15, 0.2) is 0 Å². The second-order valence-corrected chi connectivity index (χ2v) is 5.17. The Balaban J connectivity index is 1.84. The van der Waals surface area contributed by atoms with Crippen molar-refractivity contribution < 1.29 is 13.2 Å². The van der Waals surface area contributed by atoms with Crippen molar-refractivity contribution in [3.63, 3.8) is 0 Å². The second-order valence-electron chi connectivity index (χ2n) is 5.17. The van der Waals surface area contributed by atoms with Crippen molar-refractivity contribution in [3.8, 4) is 0 Å². The van der Waals surface area contributed by atoms with Crippen LogP contribution >= 0.6 is 0 Å². The number of amidine groups is 1. The highest BCUT2D eigenvalue weighted by molar-refractivity contribution is 5.82. The third-order valence-electron chi connectivity index (χ3n) is 4.04. The molecule has 1 heterocycles. The predicted molar refractivity (Wildman–Crippen MR) is 60.0 cm³/mol. The average molecular weight is 248 g/mol. The van der Waals surface area contributed by atoms with E-state index >= 15 is 0 Å². The van der Waals surface area contributed by atoms with E-state index in [-0.39, 0.29) is 12.8 Å². The van der Waals surface area contributed by atoms with E-state index < -0.39 is 12.1 Å². The lowest BCUT2D eigenvalue weighted by molar-refractivity contribution is -0.183. The molecule has 0 bridgehead atoms. The van der Waals surface area contributed by atoms with Crippen molar-refractivity contribution in [2.45, 2.75) is 44.7 Å². The van der Waals surface area contributed by atoms with Crippen LogP contribution in [0.15, 0.2) is 0 Å². The van der Waals surface area contributed by atoms with Gasteiger partial charge in [-0.2, -0.15) is 13.2 Å². The van der Waals surface area contributed by atoms with Gasteiger partial charge in [-0.1, -0.05) is 12.8 Å². The first kappa shape index (κ1) is 12.7. The molecule has 2 nitrogen and oxygen atoms in total. The summed E-state index contributed by atoms with van der Waals surface area (Å²) in [5.41, 5.74) is 0. The molecule has 0 spiro atoms. The van der Waals surface area contributed by atoms with E-state index in [4.69, 9.17) is 5.41 Å². The summed E-state index contributed by atoms with van der Waals surface area (Å²) in [6, 6.07) is 0. The summed E-state index contributed by atoms with van der Waals surface area (Å²) in [6.07, 6.45) is 0.646. The number of alkyl halides is 3. The van der Waals surface area contributed by atoms with E-state index in [2.05, 4.69) is 0 Å². The number of piperidine rings is 1. The van der Waals surface area contributed by atoms with Crippen molar-refractivity contribution >= 4 is 5.84 Å². The highest BCUT2D eigenvalue weighted by atomic mass is 19.4. The number of nitrogens with zero attached hydrogens (tertiary/aromatic N) is 1. The number of nitrogens with one attached hydrogen (secondary N) is 1. The van der Waals surface area contributed by atoms with Crippen molar-refractivity contribution in [1.82, 2.24) is 4.90 Å². The standard InChI is InChI=1S/C12H19F3N2/c13-12(14,15)10-5-7-17(8-6-10)11(16)9-3-1-2-4-9/h9-10,16H,1-8H2. The third-order valence-corrected chi connectivity index (χ3v) is 4.04. The molecule has 0 aromatic heterocycles. The molecule has 0 aromatic carbocycles. The molecule has 0 unspecified atom stereocenters. The predicted octanol–water partition coefficient (Wildman–Crippen LogP) is 3.43. The summed E-state index contributed by atoms with van der Waals surface area (Å²) in [6.45, 7) is 0.805. The van der Waals surface area contributed by atoms with Gasteiger partial charge in [-0.25, -0.2) is 0 Å². The summed E-state index contributed by atoms with van der Waals surface area (Å²) in [5, 5.41) is 8.05. The number of hydrogen-bond acceptors (Lipinski definition) is 1. The molecule has 1 aliphatic carbocycles. The van der Waals surface area contributed by atoms with Crippen LogP contribution in [0.3, 0.4) is 0 Å². The van der Waals surface area contributed by atoms with Gasteiger partial charge in [0, 0.05) is 19.0 Å². The first-order valence-electron chi connectivity index (χ1n) is 6.38. The van der Waals surface area contributed by atoms with Gasteiger partial charge in [0.25, 0.3) is 0 Å². The molecule has 1 N–H and O–H groups in total.